The Bertz CT molecular complexity index is 754. The predicted molar refractivity (Wildman–Crippen MR) is 87.1 cm³/mol. The Labute approximate surface area is 125 Å². The number of aryl methyl sites for hydroxylation is 2. The largest absolute Gasteiger partial charge is 0.396 e. The van der Waals surface area contributed by atoms with Crippen molar-refractivity contribution < 1.29 is 0 Å². The van der Waals surface area contributed by atoms with Gasteiger partial charge in [-0.15, -0.1) is 0 Å². The zero-order valence-corrected chi connectivity index (χ0v) is 12.4. The first-order valence-corrected chi connectivity index (χ1v) is 7.07. The van der Waals surface area contributed by atoms with E-state index < -0.39 is 0 Å². The molecule has 2 aromatic carbocycles. The Morgan fingerprint density at radius 3 is 2.48 bits per heavy atom. The molecule has 0 fully saturated rings. The van der Waals surface area contributed by atoms with Crippen LogP contribution in [-0.4, -0.2) is 9.78 Å². The molecule has 3 heteroatoms. The van der Waals surface area contributed by atoms with Crippen molar-refractivity contribution in [3.63, 3.8) is 0 Å². The van der Waals surface area contributed by atoms with Gasteiger partial charge in [0.15, 0.2) is 0 Å². The fourth-order valence-electron chi connectivity index (χ4n) is 2.45. The van der Waals surface area contributed by atoms with Gasteiger partial charge in [0.25, 0.3) is 0 Å². The first kappa shape index (κ1) is 13.4. The van der Waals surface area contributed by atoms with Gasteiger partial charge in [0, 0.05) is 11.8 Å². The van der Waals surface area contributed by atoms with Crippen LogP contribution in [0.5, 0.6) is 0 Å². The third kappa shape index (κ3) is 2.97. The molecular weight excluding hydrogens is 258 g/mol. The van der Waals surface area contributed by atoms with Crippen molar-refractivity contribution in [3.05, 3.63) is 71.4 Å². The molecular formula is C18H19N3. The number of anilines is 1. The van der Waals surface area contributed by atoms with E-state index >= 15 is 0 Å². The molecule has 1 aromatic heterocycles. The van der Waals surface area contributed by atoms with Crippen LogP contribution in [0.4, 0.5) is 5.69 Å². The maximum absolute atomic E-state index is 6.11. The van der Waals surface area contributed by atoms with Crippen LogP contribution < -0.4 is 5.73 Å². The lowest BCUT2D eigenvalue weighted by Gasteiger charge is -2.03. The molecule has 0 bridgehead atoms. The second-order valence-corrected chi connectivity index (χ2v) is 5.49. The molecule has 1 heterocycles. The average Bonchev–Trinajstić information content (AvgIpc) is 2.80. The molecule has 0 aliphatic heterocycles. The third-order valence-electron chi connectivity index (χ3n) is 3.54. The monoisotopic (exact) mass is 277 g/mol. The molecule has 2 N–H and O–H groups in total. The van der Waals surface area contributed by atoms with Crippen molar-refractivity contribution >= 4 is 5.69 Å². The molecule has 0 unspecified atom stereocenters. The number of nitrogens with zero attached hydrogens (tertiary/aromatic N) is 2. The fourth-order valence-corrected chi connectivity index (χ4v) is 2.45. The van der Waals surface area contributed by atoms with Crippen molar-refractivity contribution in [1.29, 1.82) is 0 Å². The van der Waals surface area contributed by atoms with Gasteiger partial charge in [-0.2, -0.15) is 5.10 Å². The van der Waals surface area contributed by atoms with Crippen molar-refractivity contribution in [2.75, 3.05) is 5.73 Å². The highest BCUT2D eigenvalue weighted by molar-refractivity contribution is 5.72. The molecule has 0 spiro atoms. The van der Waals surface area contributed by atoms with Crippen molar-refractivity contribution in [1.82, 2.24) is 9.78 Å². The highest BCUT2D eigenvalue weighted by Gasteiger charge is 2.08. The van der Waals surface area contributed by atoms with E-state index in [-0.39, 0.29) is 0 Å². The fraction of sp³-hybridized carbons (Fsp3) is 0.167. The quantitative estimate of drug-likeness (QED) is 0.791. The minimum Gasteiger partial charge on any atom is -0.396 e. The molecule has 0 saturated heterocycles. The van der Waals surface area contributed by atoms with Gasteiger partial charge in [0.05, 0.1) is 12.2 Å². The van der Waals surface area contributed by atoms with Crippen molar-refractivity contribution in [3.8, 4) is 11.3 Å². The maximum atomic E-state index is 6.11. The summed E-state index contributed by atoms with van der Waals surface area (Å²) in [6, 6.07) is 16.7. The SMILES string of the molecule is Cc1ccc(-c2nn(Cc3cccc(C)c3)cc2N)cc1. The summed E-state index contributed by atoms with van der Waals surface area (Å²) in [7, 11) is 0. The number of rotatable bonds is 3. The number of hydrogen-bond acceptors (Lipinski definition) is 2. The number of aromatic nitrogens is 2. The van der Waals surface area contributed by atoms with Crippen LogP contribution in [0.25, 0.3) is 11.3 Å². The van der Waals surface area contributed by atoms with E-state index in [1.807, 2.05) is 10.9 Å². The molecule has 0 saturated carbocycles. The second kappa shape index (κ2) is 5.44. The maximum Gasteiger partial charge on any atom is 0.115 e. The summed E-state index contributed by atoms with van der Waals surface area (Å²) in [5.41, 5.74) is 12.5. The third-order valence-corrected chi connectivity index (χ3v) is 3.54. The Balaban J connectivity index is 1.89. The van der Waals surface area contributed by atoms with Gasteiger partial charge < -0.3 is 5.73 Å². The number of hydrogen-bond donors (Lipinski definition) is 1. The topological polar surface area (TPSA) is 43.8 Å². The Kier molecular flexibility index (Phi) is 3.48. The lowest BCUT2D eigenvalue weighted by molar-refractivity contribution is 0.689. The van der Waals surface area contributed by atoms with E-state index in [2.05, 4.69) is 67.5 Å². The Hall–Kier alpha value is -2.55. The molecule has 0 radical (unpaired) electrons. The standard InChI is InChI=1S/C18H19N3/c1-13-6-8-16(9-7-13)18-17(19)12-21(20-18)11-15-5-3-4-14(2)10-15/h3-10,12H,11,19H2,1-2H3. The molecule has 0 aliphatic carbocycles. The van der Waals surface area contributed by atoms with Crippen molar-refractivity contribution in [2.24, 2.45) is 0 Å². The molecule has 3 rings (SSSR count). The lowest BCUT2D eigenvalue weighted by Crippen LogP contribution is -2.00. The highest BCUT2D eigenvalue weighted by Crippen LogP contribution is 2.24. The van der Waals surface area contributed by atoms with E-state index in [4.69, 9.17) is 5.73 Å². The minimum absolute atomic E-state index is 0.714. The van der Waals surface area contributed by atoms with Crippen LogP contribution in [0.15, 0.2) is 54.7 Å². The summed E-state index contributed by atoms with van der Waals surface area (Å²) in [5, 5.41) is 4.63. The second-order valence-electron chi connectivity index (χ2n) is 5.49. The number of nitrogens with two attached hydrogens (primary N) is 1. The first-order chi connectivity index (χ1) is 10.1. The zero-order chi connectivity index (χ0) is 14.8. The van der Waals surface area contributed by atoms with Gasteiger partial charge in [0.1, 0.15) is 5.69 Å². The van der Waals surface area contributed by atoms with Gasteiger partial charge >= 0.3 is 0 Å². The van der Waals surface area contributed by atoms with E-state index in [1.54, 1.807) is 0 Å². The molecule has 21 heavy (non-hydrogen) atoms. The van der Waals surface area contributed by atoms with E-state index in [0.29, 0.717) is 5.69 Å². The number of nitrogen functional groups attached to an aromatic ring is 1. The lowest BCUT2D eigenvalue weighted by atomic mass is 10.1. The summed E-state index contributed by atoms with van der Waals surface area (Å²) in [4.78, 5) is 0. The van der Waals surface area contributed by atoms with Gasteiger partial charge in [-0.1, -0.05) is 59.7 Å². The molecule has 106 valence electrons. The molecule has 0 amide bonds. The smallest absolute Gasteiger partial charge is 0.115 e. The molecule has 3 aromatic rings. The molecule has 3 nitrogen and oxygen atoms in total. The normalized spacial score (nSPS) is 10.8. The van der Waals surface area contributed by atoms with Crippen LogP contribution in [0.1, 0.15) is 16.7 Å². The number of benzene rings is 2. The Morgan fingerprint density at radius 1 is 1.00 bits per heavy atom. The summed E-state index contributed by atoms with van der Waals surface area (Å²) >= 11 is 0. The van der Waals surface area contributed by atoms with Crippen LogP contribution >= 0.6 is 0 Å². The average molecular weight is 277 g/mol. The van der Waals surface area contributed by atoms with Gasteiger partial charge in [0.2, 0.25) is 0 Å². The van der Waals surface area contributed by atoms with Crippen LogP contribution in [0.3, 0.4) is 0 Å². The summed E-state index contributed by atoms with van der Waals surface area (Å²) in [5.74, 6) is 0. The summed E-state index contributed by atoms with van der Waals surface area (Å²) in [6.07, 6.45) is 1.90. The van der Waals surface area contributed by atoms with Crippen molar-refractivity contribution in [2.45, 2.75) is 20.4 Å². The zero-order valence-electron chi connectivity index (χ0n) is 12.4. The Morgan fingerprint density at radius 2 is 1.76 bits per heavy atom. The summed E-state index contributed by atoms with van der Waals surface area (Å²) < 4.78 is 1.90. The summed E-state index contributed by atoms with van der Waals surface area (Å²) in [6.45, 7) is 4.90. The van der Waals surface area contributed by atoms with E-state index in [0.717, 1.165) is 17.8 Å². The van der Waals surface area contributed by atoms with Crippen LogP contribution in [0.2, 0.25) is 0 Å². The van der Waals surface area contributed by atoms with E-state index in [9.17, 15) is 0 Å². The van der Waals surface area contributed by atoms with Crippen LogP contribution in [0, 0.1) is 13.8 Å². The molecule has 0 aliphatic rings. The van der Waals surface area contributed by atoms with Crippen LogP contribution in [-0.2, 0) is 6.54 Å². The first-order valence-electron chi connectivity index (χ1n) is 7.07. The van der Waals surface area contributed by atoms with Gasteiger partial charge in [-0.3, -0.25) is 4.68 Å². The predicted octanol–water partition coefficient (Wildman–Crippen LogP) is 3.80. The van der Waals surface area contributed by atoms with Gasteiger partial charge in [-0.05, 0) is 19.4 Å². The highest BCUT2D eigenvalue weighted by atomic mass is 15.3. The molecule has 0 atom stereocenters. The minimum atomic E-state index is 0.714. The van der Waals surface area contributed by atoms with E-state index in [1.165, 1.54) is 16.7 Å². The van der Waals surface area contributed by atoms with Gasteiger partial charge in [-0.25, -0.2) is 0 Å².